The van der Waals surface area contributed by atoms with Crippen LogP contribution in [-0.4, -0.2) is 50.1 Å². The molecule has 4 heteroatoms. The van der Waals surface area contributed by atoms with E-state index in [2.05, 4.69) is 22.5 Å². The van der Waals surface area contributed by atoms with Crippen molar-refractivity contribution in [1.82, 2.24) is 15.5 Å². The predicted octanol–water partition coefficient (Wildman–Crippen LogP) is 0.444. The van der Waals surface area contributed by atoms with Crippen LogP contribution in [0.15, 0.2) is 0 Å². The second kappa shape index (κ2) is 6.36. The Hall–Kier alpha value is -0.610. The Balaban J connectivity index is 1.62. The van der Waals surface area contributed by atoms with Gasteiger partial charge in [-0.1, -0.05) is 13.3 Å². The number of likely N-dealkylation sites (tertiary alicyclic amines) is 1. The first-order valence-electron chi connectivity index (χ1n) is 6.98. The Morgan fingerprint density at radius 3 is 2.71 bits per heavy atom. The van der Waals surface area contributed by atoms with Gasteiger partial charge in [0.05, 0.1) is 5.92 Å². The minimum atomic E-state index is 0.177. The fourth-order valence-electron chi connectivity index (χ4n) is 2.81. The van der Waals surface area contributed by atoms with Crippen LogP contribution in [0.5, 0.6) is 0 Å². The van der Waals surface area contributed by atoms with Crippen LogP contribution in [0.25, 0.3) is 0 Å². The standard InChI is InChI=1S/C13H25N3O/c1-11-9-14-10-12(11)13(17)15-5-8-16-6-3-2-4-7-16/h11-12,14H,2-10H2,1H3,(H,15,17)/t11-,12-/m1/s1. The molecule has 0 aromatic heterocycles. The number of amides is 1. The maximum Gasteiger partial charge on any atom is 0.224 e. The van der Waals surface area contributed by atoms with E-state index >= 15 is 0 Å². The van der Waals surface area contributed by atoms with E-state index in [0.29, 0.717) is 5.92 Å². The lowest BCUT2D eigenvalue weighted by molar-refractivity contribution is -0.125. The van der Waals surface area contributed by atoms with Crippen LogP contribution in [0.3, 0.4) is 0 Å². The monoisotopic (exact) mass is 239 g/mol. The van der Waals surface area contributed by atoms with E-state index in [-0.39, 0.29) is 11.8 Å². The molecule has 0 unspecified atom stereocenters. The molecule has 2 rings (SSSR count). The Morgan fingerprint density at radius 2 is 2.06 bits per heavy atom. The van der Waals surface area contributed by atoms with Crippen LogP contribution < -0.4 is 10.6 Å². The van der Waals surface area contributed by atoms with Crippen molar-refractivity contribution in [2.45, 2.75) is 26.2 Å². The van der Waals surface area contributed by atoms with Crippen molar-refractivity contribution in [2.75, 3.05) is 39.3 Å². The number of carbonyl (C=O) groups is 1. The fraction of sp³-hybridized carbons (Fsp3) is 0.923. The second-order valence-corrected chi connectivity index (χ2v) is 5.44. The van der Waals surface area contributed by atoms with Gasteiger partial charge in [-0.15, -0.1) is 0 Å². The molecule has 2 aliphatic rings. The maximum atomic E-state index is 11.9. The molecule has 1 amide bonds. The highest BCUT2D eigenvalue weighted by atomic mass is 16.1. The highest BCUT2D eigenvalue weighted by Crippen LogP contribution is 2.15. The number of hydrogen-bond acceptors (Lipinski definition) is 3. The summed E-state index contributed by atoms with van der Waals surface area (Å²) in [5.74, 6) is 0.890. The highest BCUT2D eigenvalue weighted by Gasteiger charge is 2.29. The van der Waals surface area contributed by atoms with E-state index in [1.807, 2.05) is 0 Å². The number of nitrogens with one attached hydrogen (secondary N) is 2. The van der Waals surface area contributed by atoms with Crippen molar-refractivity contribution in [3.05, 3.63) is 0 Å². The lowest BCUT2D eigenvalue weighted by atomic mass is 9.97. The molecule has 0 aromatic carbocycles. The Kier molecular flexibility index (Phi) is 4.80. The highest BCUT2D eigenvalue weighted by molar-refractivity contribution is 5.79. The molecule has 17 heavy (non-hydrogen) atoms. The molecule has 2 fully saturated rings. The van der Waals surface area contributed by atoms with Gasteiger partial charge in [-0.25, -0.2) is 0 Å². The van der Waals surface area contributed by atoms with Gasteiger partial charge in [0.2, 0.25) is 5.91 Å². The summed E-state index contributed by atoms with van der Waals surface area (Å²) in [6.45, 7) is 8.20. The lowest BCUT2D eigenvalue weighted by Crippen LogP contribution is -2.40. The Morgan fingerprint density at radius 1 is 1.29 bits per heavy atom. The quantitative estimate of drug-likeness (QED) is 0.748. The Bertz CT molecular complexity index is 251. The van der Waals surface area contributed by atoms with Crippen molar-refractivity contribution in [3.8, 4) is 0 Å². The molecular weight excluding hydrogens is 214 g/mol. The zero-order valence-electron chi connectivity index (χ0n) is 10.9. The minimum absolute atomic E-state index is 0.177. The molecule has 0 spiro atoms. The van der Waals surface area contributed by atoms with E-state index in [4.69, 9.17) is 0 Å². The topological polar surface area (TPSA) is 44.4 Å². The van der Waals surface area contributed by atoms with Crippen LogP contribution >= 0.6 is 0 Å². The zero-order valence-corrected chi connectivity index (χ0v) is 10.9. The van der Waals surface area contributed by atoms with E-state index in [9.17, 15) is 4.79 Å². The summed E-state index contributed by atoms with van der Waals surface area (Å²) in [6.07, 6.45) is 4.00. The Labute approximate surface area is 104 Å². The van der Waals surface area contributed by atoms with Gasteiger partial charge in [-0.2, -0.15) is 0 Å². The van der Waals surface area contributed by atoms with Crippen LogP contribution in [-0.2, 0) is 4.79 Å². The third-order valence-corrected chi connectivity index (χ3v) is 4.03. The molecule has 2 atom stereocenters. The summed E-state index contributed by atoms with van der Waals surface area (Å²) in [5, 5.41) is 6.35. The molecule has 98 valence electrons. The van der Waals surface area contributed by atoms with E-state index in [0.717, 1.165) is 26.2 Å². The van der Waals surface area contributed by atoms with E-state index < -0.39 is 0 Å². The van der Waals surface area contributed by atoms with Gasteiger partial charge in [0, 0.05) is 19.6 Å². The largest absolute Gasteiger partial charge is 0.355 e. The first-order valence-corrected chi connectivity index (χ1v) is 6.98. The van der Waals surface area contributed by atoms with Crippen LogP contribution in [0.4, 0.5) is 0 Å². The molecule has 2 saturated heterocycles. The third-order valence-electron chi connectivity index (χ3n) is 4.03. The van der Waals surface area contributed by atoms with Gasteiger partial charge in [0.25, 0.3) is 0 Å². The van der Waals surface area contributed by atoms with Crippen molar-refractivity contribution in [2.24, 2.45) is 11.8 Å². The normalized spacial score (nSPS) is 30.4. The summed E-state index contributed by atoms with van der Waals surface area (Å²) in [4.78, 5) is 14.4. The van der Waals surface area contributed by atoms with Gasteiger partial charge in [0.1, 0.15) is 0 Å². The molecule has 0 aliphatic carbocycles. The number of carbonyl (C=O) groups excluding carboxylic acids is 1. The second-order valence-electron chi connectivity index (χ2n) is 5.44. The van der Waals surface area contributed by atoms with Crippen molar-refractivity contribution < 1.29 is 4.79 Å². The molecular formula is C13H25N3O. The number of piperidine rings is 1. The molecule has 2 N–H and O–H groups in total. The van der Waals surface area contributed by atoms with Crippen molar-refractivity contribution in [1.29, 1.82) is 0 Å². The average molecular weight is 239 g/mol. The van der Waals surface area contributed by atoms with Crippen molar-refractivity contribution >= 4 is 5.91 Å². The molecule has 0 bridgehead atoms. The number of rotatable bonds is 4. The average Bonchev–Trinajstić information content (AvgIpc) is 2.77. The molecule has 2 heterocycles. The van der Waals surface area contributed by atoms with Crippen LogP contribution in [0.1, 0.15) is 26.2 Å². The van der Waals surface area contributed by atoms with E-state index in [1.54, 1.807) is 0 Å². The fourth-order valence-corrected chi connectivity index (χ4v) is 2.81. The molecule has 0 radical (unpaired) electrons. The maximum absolute atomic E-state index is 11.9. The predicted molar refractivity (Wildman–Crippen MR) is 68.8 cm³/mol. The number of nitrogens with zero attached hydrogens (tertiary/aromatic N) is 1. The summed E-state index contributed by atoms with van der Waals surface area (Å²) >= 11 is 0. The van der Waals surface area contributed by atoms with Gasteiger partial charge in [-0.05, 0) is 38.4 Å². The van der Waals surface area contributed by atoms with Gasteiger partial charge in [-0.3, -0.25) is 4.79 Å². The number of hydrogen-bond donors (Lipinski definition) is 2. The van der Waals surface area contributed by atoms with E-state index in [1.165, 1.54) is 32.4 Å². The van der Waals surface area contributed by atoms with Crippen LogP contribution in [0.2, 0.25) is 0 Å². The first-order chi connectivity index (χ1) is 8.27. The molecule has 4 nitrogen and oxygen atoms in total. The first kappa shape index (κ1) is 12.8. The molecule has 0 saturated carbocycles. The van der Waals surface area contributed by atoms with Gasteiger partial charge >= 0.3 is 0 Å². The summed E-state index contributed by atoms with van der Waals surface area (Å²) in [5.41, 5.74) is 0. The third kappa shape index (κ3) is 3.68. The summed E-state index contributed by atoms with van der Waals surface area (Å²) in [7, 11) is 0. The van der Waals surface area contributed by atoms with Crippen LogP contribution in [0, 0.1) is 11.8 Å². The summed E-state index contributed by atoms with van der Waals surface area (Å²) in [6, 6.07) is 0. The van der Waals surface area contributed by atoms with Gasteiger partial charge in [0.15, 0.2) is 0 Å². The molecule has 0 aromatic rings. The minimum Gasteiger partial charge on any atom is -0.355 e. The smallest absolute Gasteiger partial charge is 0.224 e. The molecule has 2 aliphatic heterocycles. The SMILES string of the molecule is C[C@@H]1CNC[C@H]1C(=O)NCCN1CCCCC1. The van der Waals surface area contributed by atoms with Crippen molar-refractivity contribution in [3.63, 3.8) is 0 Å². The summed E-state index contributed by atoms with van der Waals surface area (Å²) < 4.78 is 0. The zero-order chi connectivity index (χ0) is 12.1. The van der Waals surface area contributed by atoms with Gasteiger partial charge < -0.3 is 15.5 Å². The lowest BCUT2D eigenvalue weighted by Gasteiger charge is -2.26.